The first-order valence-corrected chi connectivity index (χ1v) is 7.61. The summed E-state index contributed by atoms with van der Waals surface area (Å²) in [5.74, 6) is 0. The summed E-state index contributed by atoms with van der Waals surface area (Å²) in [7, 11) is 0. The second-order valence-corrected chi connectivity index (χ2v) is 7.84. The number of ether oxygens (including phenoxy) is 1. The quantitative estimate of drug-likeness (QED) is 0.722. The Balaban J connectivity index is 2.15. The van der Waals surface area contributed by atoms with Crippen LogP contribution in [0.25, 0.3) is 0 Å². The highest BCUT2D eigenvalue weighted by Crippen LogP contribution is 2.36. The zero-order chi connectivity index (χ0) is 14.2. The molecule has 1 aliphatic heterocycles. The van der Waals surface area contributed by atoms with Crippen LogP contribution >= 0.6 is 27.3 Å². The summed E-state index contributed by atoms with van der Waals surface area (Å²) in [5.41, 5.74) is 1.30. The molecule has 0 saturated heterocycles. The summed E-state index contributed by atoms with van der Waals surface area (Å²) in [5, 5.41) is 9.11. The second kappa shape index (κ2) is 5.14. The molecule has 0 aromatic carbocycles. The van der Waals surface area contributed by atoms with Gasteiger partial charge in [-0.25, -0.2) is 4.79 Å². The summed E-state index contributed by atoms with van der Waals surface area (Å²) in [6, 6.07) is 2.21. The Kier molecular flexibility index (Phi) is 3.88. The van der Waals surface area contributed by atoms with E-state index in [-0.39, 0.29) is 6.09 Å². The van der Waals surface area contributed by atoms with Crippen LogP contribution in [0.2, 0.25) is 0 Å². The van der Waals surface area contributed by atoms with E-state index in [2.05, 4.69) is 22.0 Å². The van der Waals surface area contributed by atoms with Crippen LogP contribution in [0.1, 0.15) is 36.8 Å². The van der Waals surface area contributed by atoms with Crippen molar-refractivity contribution in [3.05, 3.63) is 19.8 Å². The molecule has 0 unspecified atom stereocenters. The minimum absolute atomic E-state index is 0.291. The topological polar surface area (TPSA) is 53.3 Å². The molecule has 1 aromatic rings. The molecule has 2 heterocycles. The van der Waals surface area contributed by atoms with Crippen molar-refractivity contribution in [2.45, 2.75) is 39.3 Å². The van der Waals surface area contributed by atoms with Crippen molar-refractivity contribution in [3.63, 3.8) is 0 Å². The van der Waals surface area contributed by atoms with Crippen molar-refractivity contribution in [3.8, 4) is 6.07 Å². The van der Waals surface area contributed by atoms with Gasteiger partial charge in [-0.3, -0.25) is 0 Å². The summed E-state index contributed by atoms with van der Waals surface area (Å²) in [6.07, 6.45) is 0.417. The Morgan fingerprint density at radius 1 is 1.53 bits per heavy atom. The van der Waals surface area contributed by atoms with Crippen LogP contribution < -0.4 is 0 Å². The first-order chi connectivity index (χ1) is 8.81. The van der Waals surface area contributed by atoms with Gasteiger partial charge in [0.25, 0.3) is 0 Å². The summed E-state index contributed by atoms with van der Waals surface area (Å²) < 4.78 is 6.22. The number of hydrogen-bond acceptors (Lipinski definition) is 4. The lowest BCUT2D eigenvalue weighted by Gasteiger charge is -2.29. The van der Waals surface area contributed by atoms with E-state index in [9.17, 15) is 4.79 Å². The molecule has 0 radical (unpaired) electrons. The molecule has 0 spiro atoms. The molecule has 2 rings (SSSR count). The van der Waals surface area contributed by atoms with Crippen molar-refractivity contribution >= 4 is 33.4 Å². The third kappa shape index (κ3) is 3.10. The van der Waals surface area contributed by atoms with E-state index >= 15 is 0 Å². The first-order valence-electron chi connectivity index (χ1n) is 6.00. The lowest BCUT2D eigenvalue weighted by atomic mass is 10.0. The third-order valence-corrected chi connectivity index (χ3v) is 4.66. The molecule has 102 valence electrons. The number of halogens is 1. The van der Waals surface area contributed by atoms with Crippen LogP contribution in [0.3, 0.4) is 0 Å². The van der Waals surface area contributed by atoms with E-state index in [0.29, 0.717) is 25.1 Å². The van der Waals surface area contributed by atoms with E-state index < -0.39 is 5.60 Å². The van der Waals surface area contributed by atoms with Crippen LogP contribution in [0.5, 0.6) is 0 Å². The van der Waals surface area contributed by atoms with Gasteiger partial charge in [0.2, 0.25) is 0 Å². The van der Waals surface area contributed by atoms with Crippen molar-refractivity contribution in [1.29, 1.82) is 5.26 Å². The number of nitrogens with zero attached hydrogens (tertiary/aromatic N) is 2. The molecule has 4 nitrogen and oxygen atoms in total. The normalized spacial score (nSPS) is 14.8. The lowest BCUT2D eigenvalue weighted by molar-refractivity contribution is 0.0226. The Bertz CT molecular complexity index is 554. The van der Waals surface area contributed by atoms with E-state index in [1.54, 1.807) is 4.90 Å². The Labute approximate surface area is 125 Å². The maximum atomic E-state index is 12.0. The summed E-state index contributed by atoms with van der Waals surface area (Å²) >= 11 is 4.93. The van der Waals surface area contributed by atoms with Crippen molar-refractivity contribution in [2.24, 2.45) is 0 Å². The number of hydrogen-bond donors (Lipinski definition) is 0. The van der Waals surface area contributed by atoms with E-state index in [0.717, 1.165) is 14.2 Å². The van der Waals surface area contributed by atoms with Crippen LogP contribution in [0.4, 0.5) is 4.79 Å². The largest absolute Gasteiger partial charge is 0.444 e. The maximum absolute atomic E-state index is 12.0. The van der Waals surface area contributed by atoms with Crippen LogP contribution in [-0.4, -0.2) is 23.1 Å². The molecule has 0 bridgehead atoms. The van der Waals surface area contributed by atoms with Gasteiger partial charge in [-0.2, -0.15) is 5.26 Å². The molecular weight excluding hydrogens is 328 g/mol. The number of carbonyl (C=O) groups is 1. The van der Waals surface area contributed by atoms with Gasteiger partial charge in [-0.15, -0.1) is 11.3 Å². The molecule has 0 saturated carbocycles. The highest BCUT2D eigenvalue weighted by Gasteiger charge is 2.29. The number of amides is 1. The van der Waals surface area contributed by atoms with E-state index in [1.165, 1.54) is 11.3 Å². The Morgan fingerprint density at radius 2 is 2.21 bits per heavy atom. The molecule has 0 atom stereocenters. The molecule has 1 amide bonds. The number of nitriles is 1. The predicted molar refractivity (Wildman–Crippen MR) is 77.1 cm³/mol. The summed E-state index contributed by atoms with van der Waals surface area (Å²) in [6.45, 7) is 6.69. The number of rotatable bonds is 0. The molecular formula is C13H15BrN2O2S. The minimum Gasteiger partial charge on any atom is -0.444 e. The Morgan fingerprint density at radius 3 is 2.79 bits per heavy atom. The number of carbonyl (C=O) groups excluding carboxylic acids is 1. The van der Waals surface area contributed by atoms with E-state index in [1.807, 2.05) is 20.8 Å². The maximum Gasteiger partial charge on any atom is 0.410 e. The molecule has 6 heteroatoms. The average Bonchev–Trinajstić information content (AvgIpc) is 2.60. The molecule has 0 N–H and O–H groups in total. The van der Waals surface area contributed by atoms with Gasteiger partial charge in [0.15, 0.2) is 0 Å². The highest BCUT2D eigenvalue weighted by molar-refractivity contribution is 9.11. The Hall–Kier alpha value is -1.06. The van der Waals surface area contributed by atoms with Crippen molar-refractivity contribution < 1.29 is 9.53 Å². The van der Waals surface area contributed by atoms with Gasteiger partial charge in [0, 0.05) is 11.4 Å². The van der Waals surface area contributed by atoms with Crippen LogP contribution in [0, 0.1) is 11.3 Å². The molecule has 1 aliphatic rings. The van der Waals surface area contributed by atoms with Gasteiger partial charge in [-0.1, -0.05) is 0 Å². The van der Waals surface area contributed by atoms with Gasteiger partial charge in [-0.05, 0) is 48.7 Å². The number of thiophene rings is 1. The fraction of sp³-hybridized carbons (Fsp3) is 0.538. The molecule has 0 aliphatic carbocycles. The zero-order valence-corrected chi connectivity index (χ0v) is 13.5. The van der Waals surface area contributed by atoms with Crippen LogP contribution in [0.15, 0.2) is 3.79 Å². The average molecular weight is 343 g/mol. The third-order valence-electron chi connectivity index (χ3n) is 2.78. The van der Waals surface area contributed by atoms with Gasteiger partial charge < -0.3 is 9.64 Å². The first kappa shape index (κ1) is 14.4. The molecule has 19 heavy (non-hydrogen) atoms. The second-order valence-electron chi connectivity index (χ2n) is 5.42. The smallest absolute Gasteiger partial charge is 0.410 e. The molecule has 1 aromatic heterocycles. The van der Waals surface area contributed by atoms with Gasteiger partial charge in [0.05, 0.1) is 15.9 Å². The van der Waals surface area contributed by atoms with Gasteiger partial charge >= 0.3 is 6.09 Å². The minimum atomic E-state index is -0.481. The standard InChI is InChI=1S/C13H15BrN2O2S/c1-13(2,3)18-12(17)16-5-4-8-9(6-15)11(14)19-10(8)7-16/h4-5,7H2,1-3H3. The van der Waals surface area contributed by atoms with Crippen molar-refractivity contribution in [2.75, 3.05) is 6.54 Å². The zero-order valence-electron chi connectivity index (χ0n) is 11.1. The lowest BCUT2D eigenvalue weighted by Crippen LogP contribution is -2.39. The predicted octanol–water partition coefficient (Wildman–Crippen LogP) is 3.68. The molecule has 0 fully saturated rings. The van der Waals surface area contributed by atoms with Crippen molar-refractivity contribution in [1.82, 2.24) is 4.90 Å². The van der Waals surface area contributed by atoms with E-state index in [4.69, 9.17) is 10.00 Å². The fourth-order valence-corrected chi connectivity index (χ4v) is 3.91. The van der Waals surface area contributed by atoms with Gasteiger partial charge in [0.1, 0.15) is 11.7 Å². The fourth-order valence-electron chi connectivity index (χ4n) is 1.96. The highest BCUT2D eigenvalue weighted by atomic mass is 79.9. The van der Waals surface area contributed by atoms with Crippen LogP contribution in [-0.2, 0) is 17.7 Å². The monoisotopic (exact) mass is 342 g/mol. The number of fused-ring (bicyclic) bond motifs is 1. The SMILES string of the molecule is CC(C)(C)OC(=O)N1CCc2c(sc(Br)c2C#N)C1. The summed E-state index contributed by atoms with van der Waals surface area (Å²) in [4.78, 5) is 14.8.